The highest BCUT2D eigenvalue weighted by Gasteiger charge is 2.15. The lowest BCUT2D eigenvalue weighted by atomic mass is 10.2. The summed E-state index contributed by atoms with van der Waals surface area (Å²) in [6.45, 7) is 1.84. The maximum Gasteiger partial charge on any atom is 0.275 e. The number of aryl methyl sites for hydroxylation is 2. The van der Waals surface area contributed by atoms with Crippen LogP contribution in [-0.4, -0.2) is 20.0 Å². The molecule has 0 amide bonds. The number of aromatic nitrogens is 4. The summed E-state index contributed by atoms with van der Waals surface area (Å²) in [5, 5.41) is 13.7. The Morgan fingerprint density at radius 2 is 2.33 bits per heavy atom. The molecule has 3 aromatic rings. The van der Waals surface area contributed by atoms with Gasteiger partial charge in [0.05, 0.1) is 22.3 Å². The largest absolute Gasteiger partial charge is 0.275 e. The molecule has 3 aromatic heterocycles. The zero-order valence-electron chi connectivity index (χ0n) is 10.1. The predicted octanol–water partition coefficient (Wildman–Crippen LogP) is 1.62. The molecule has 0 aliphatic carbocycles. The van der Waals surface area contributed by atoms with Crippen molar-refractivity contribution < 1.29 is 0 Å². The van der Waals surface area contributed by atoms with E-state index >= 15 is 0 Å². The van der Waals surface area contributed by atoms with Gasteiger partial charge in [-0.1, -0.05) is 6.07 Å². The Labute approximate surface area is 107 Å². The summed E-state index contributed by atoms with van der Waals surface area (Å²) < 4.78 is 1.73. The van der Waals surface area contributed by atoms with E-state index in [-0.39, 0.29) is 5.56 Å². The molecule has 0 spiro atoms. The van der Waals surface area contributed by atoms with Crippen LogP contribution < -0.4 is 5.56 Å². The van der Waals surface area contributed by atoms with Crippen molar-refractivity contribution in [3.63, 3.8) is 0 Å². The van der Waals surface area contributed by atoms with Crippen molar-refractivity contribution in [3.05, 3.63) is 44.1 Å². The van der Waals surface area contributed by atoms with E-state index in [1.807, 2.05) is 25.4 Å². The summed E-state index contributed by atoms with van der Waals surface area (Å²) in [6.07, 6.45) is 0.712. The topological polar surface area (TPSA) is 63.6 Å². The van der Waals surface area contributed by atoms with Crippen LogP contribution in [-0.2, 0) is 13.5 Å². The molecule has 0 aliphatic heterocycles. The monoisotopic (exact) mass is 260 g/mol. The average Bonchev–Trinajstić information content (AvgIpc) is 2.92. The van der Waals surface area contributed by atoms with E-state index in [1.54, 1.807) is 16.0 Å². The first kappa shape index (κ1) is 11.2. The normalized spacial score (nSPS) is 11.2. The highest BCUT2D eigenvalue weighted by Crippen LogP contribution is 2.20. The molecule has 0 aliphatic rings. The first-order chi connectivity index (χ1) is 8.66. The Morgan fingerprint density at radius 3 is 3.06 bits per heavy atom. The minimum absolute atomic E-state index is 0.175. The van der Waals surface area contributed by atoms with Gasteiger partial charge in [0.15, 0.2) is 0 Å². The van der Waals surface area contributed by atoms with Gasteiger partial charge in [0.2, 0.25) is 0 Å². The van der Waals surface area contributed by atoms with Crippen molar-refractivity contribution >= 4 is 22.2 Å². The van der Waals surface area contributed by atoms with Crippen LogP contribution in [0.1, 0.15) is 16.3 Å². The van der Waals surface area contributed by atoms with Gasteiger partial charge in [0, 0.05) is 18.3 Å². The summed E-state index contributed by atoms with van der Waals surface area (Å²) in [4.78, 5) is 13.0. The highest BCUT2D eigenvalue weighted by molar-refractivity contribution is 7.09. The van der Waals surface area contributed by atoms with Crippen LogP contribution in [0.2, 0.25) is 0 Å². The molecule has 18 heavy (non-hydrogen) atoms. The van der Waals surface area contributed by atoms with Crippen LogP contribution in [0.5, 0.6) is 0 Å². The quantitative estimate of drug-likeness (QED) is 0.761. The Hall–Kier alpha value is -1.95. The van der Waals surface area contributed by atoms with Crippen molar-refractivity contribution in [2.24, 2.45) is 7.05 Å². The molecule has 6 heteroatoms. The van der Waals surface area contributed by atoms with Crippen molar-refractivity contribution in [2.75, 3.05) is 0 Å². The Bertz CT molecular complexity index is 754. The van der Waals surface area contributed by atoms with Crippen LogP contribution in [0, 0.1) is 6.92 Å². The summed E-state index contributed by atoms with van der Waals surface area (Å²) in [6, 6.07) is 4.07. The second-order valence-corrected chi connectivity index (χ2v) is 5.22. The van der Waals surface area contributed by atoms with Crippen LogP contribution in [0.25, 0.3) is 10.9 Å². The van der Waals surface area contributed by atoms with E-state index in [9.17, 15) is 4.79 Å². The second-order valence-electron chi connectivity index (χ2n) is 4.19. The van der Waals surface area contributed by atoms with E-state index in [0.29, 0.717) is 11.8 Å². The Kier molecular flexibility index (Phi) is 2.52. The molecule has 92 valence electrons. The summed E-state index contributed by atoms with van der Waals surface area (Å²) >= 11 is 1.68. The van der Waals surface area contributed by atoms with Crippen LogP contribution in [0.3, 0.4) is 0 Å². The van der Waals surface area contributed by atoms with Crippen LogP contribution in [0.4, 0.5) is 0 Å². The number of thiophene rings is 1. The lowest BCUT2D eigenvalue weighted by molar-refractivity contribution is 0.774. The molecule has 0 aromatic carbocycles. The van der Waals surface area contributed by atoms with Gasteiger partial charge in [-0.15, -0.1) is 11.3 Å². The highest BCUT2D eigenvalue weighted by atomic mass is 32.1. The molecule has 3 heterocycles. The molecule has 0 unspecified atom stereocenters. The maximum atomic E-state index is 11.8. The van der Waals surface area contributed by atoms with Gasteiger partial charge in [-0.2, -0.15) is 10.2 Å². The van der Waals surface area contributed by atoms with E-state index in [2.05, 4.69) is 21.4 Å². The molecular weight excluding hydrogens is 248 g/mol. The van der Waals surface area contributed by atoms with Gasteiger partial charge in [0.25, 0.3) is 5.56 Å². The molecule has 0 saturated carbocycles. The molecule has 1 N–H and O–H groups in total. The van der Waals surface area contributed by atoms with Crippen molar-refractivity contribution in [1.82, 2.24) is 20.0 Å². The standard InChI is InChI=1S/C12H12N4OS/c1-7-10-11(16(2)15-7)9(13-14-12(10)17)6-8-4-3-5-18-8/h3-5H,6H2,1-2H3,(H,14,17). The molecule has 0 radical (unpaired) electrons. The predicted molar refractivity (Wildman–Crippen MR) is 71.0 cm³/mol. The van der Waals surface area contributed by atoms with Crippen LogP contribution in [0.15, 0.2) is 22.3 Å². The van der Waals surface area contributed by atoms with Gasteiger partial charge < -0.3 is 0 Å². The van der Waals surface area contributed by atoms with E-state index in [1.165, 1.54) is 4.88 Å². The van der Waals surface area contributed by atoms with E-state index in [0.717, 1.165) is 16.9 Å². The Morgan fingerprint density at radius 1 is 1.50 bits per heavy atom. The number of hydrogen-bond donors (Lipinski definition) is 1. The minimum Gasteiger partial charge on any atom is -0.267 e. The Balaban J connectivity index is 2.24. The van der Waals surface area contributed by atoms with E-state index < -0.39 is 0 Å². The smallest absolute Gasteiger partial charge is 0.267 e. The number of hydrogen-bond acceptors (Lipinski definition) is 4. The number of H-pyrrole nitrogens is 1. The number of fused-ring (bicyclic) bond motifs is 1. The fourth-order valence-corrected chi connectivity index (χ4v) is 2.90. The van der Waals surface area contributed by atoms with Crippen molar-refractivity contribution in [3.8, 4) is 0 Å². The third-order valence-corrected chi connectivity index (χ3v) is 3.81. The molecule has 5 nitrogen and oxygen atoms in total. The molecule has 0 bridgehead atoms. The third kappa shape index (κ3) is 1.65. The van der Waals surface area contributed by atoms with E-state index in [4.69, 9.17) is 0 Å². The van der Waals surface area contributed by atoms with Crippen molar-refractivity contribution in [1.29, 1.82) is 0 Å². The second kappa shape index (κ2) is 4.06. The number of nitrogens with zero attached hydrogens (tertiary/aromatic N) is 3. The number of nitrogens with one attached hydrogen (secondary N) is 1. The van der Waals surface area contributed by atoms with Gasteiger partial charge >= 0.3 is 0 Å². The van der Waals surface area contributed by atoms with Crippen molar-refractivity contribution in [2.45, 2.75) is 13.3 Å². The molecule has 0 fully saturated rings. The van der Waals surface area contributed by atoms with Crippen LogP contribution >= 0.6 is 11.3 Å². The van der Waals surface area contributed by atoms with Gasteiger partial charge in [0.1, 0.15) is 0 Å². The first-order valence-electron chi connectivity index (χ1n) is 5.60. The maximum absolute atomic E-state index is 11.8. The van der Waals surface area contributed by atoms with Gasteiger partial charge in [-0.25, -0.2) is 5.10 Å². The molecule has 3 rings (SSSR count). The van der Waals surface area contributed by atoms with Gasteiger partial charge in [-0.3, -0.25) is 9.48 Å². The zero-order chi connectivity index (χ0) is 12.7. The molecule has 0 atom stereocenters. The fraction of sp³-hybridized carbons (Fsp3) is 0.250. The minimum atomic E-state index is -0.175. The average molecular weight is 260 g/mol. The zero-order valence-corrected chi connectivity index (χ0v) is 10.9. The lowest BCUT2D eigenvalue weighted by Gasteiger charge is -2.01. The summed E-state index contributed by atoms with van der Waals surface area (Å²) in [5.74, 6) is 0. The molecule has 0 saturated heterocycles. The number of rotatable bonds is 2. The number of aromatic amines is 1. The van der Waals surface area contributed by atoms with Gasteiger partial charge in [-0.05, 0) is 18.4 Å². The summed E-state index contributed by atoms with van der Waals surface area (Å²) in [5.41, 5.74) is 2.24. The SMILES string of the molecule is Cc1nn(C)c2c(Cc3cccs3)n[nH]c(=O)c12. The lowest BCUT2D eigenvalue weighted by Crippen LogP contribution is -2.12. The third-order valence-electron chi connectivity index (χ3n) is 2.94. The summed E-state index contributed by atoms with van der Waals surface area (Å²) in [7, 11) is 1.84. The first-order valence-corrected chi connectivity index (χ1v) is 6.48. The molecular formula is C12H12N4OS. The fourth-order valence-electron chi connectivity index (χ4n) is 2.19.